The molecule has 0 saturated heterocycles. The zero-order valence-electron chi connectivity index (χ0n) is 9.60. The van der Waals surface area contributed by atoms with Crippen LogP contribution in [0.3, 0.4) is 0 Å². The fourth-order valence-corrected chi connectivity index (χ4v) is 1.37. The minimum Gasteiger partial charge on any atom is -0.464 e. The highest BCUT2D eigenvalue weighted by Crippen LogP contribution is 2.10. The molecule has 0 bridgehead atoms. The monoisotopic (exact) mass is 223 g/mol. The summed E-state index contributed by atoms with van der Waals surface area (Å²) < 4.78 is 10.00. The van der Waals surface area contributed by atoms with Crippen molar-refractivity contribution in [2.75, 3.05) is 19.5 Å². The van der Waals surface area contributed by atoms with Crippen LogP contribution in [0.2, 0.25) is 0 Å². The van der Waals surface area contributed by atoms with Gasteiger partial charge in [-0.05, 0) is 24.6 Å². The van der Waals surface area contributed by atoms with Crippen LogP contribution in [-0.4, -0.2) is 25.8 Å². The number of esters is 1. The molecule has 1 atom stereocenters. The van der Waals surface area contributed by atoms with Crippen LogP contribution in [0.15, 0.2) is 24.3 Å². The Labute approximate surface area is 95.3 Å². The van der Waals surface area contributed by atoms with Crippen molar-refractivity contribution in [2.24, 2.45) is 0 Å². The lowest BCUT2D eigenvalue weighted by molar-refractivity contribution is -0.154. The fraction of sp³-hybridized carbons (Fsp3) is 0.417. The highest BCUT2D eigenvalue weighted by molar-refractivity contribution is 5.75. The van der Waals surface area contributed by atoms with Crippen LogP contribution in [0.4, 0.5) is 5.69 Å². The summed E-state index contributed by atoms with van der Waals surface area (Å²) in [4.78, 5) is 11.5. The Hall–Kier alpha value is -1.55. The summed E-state index contributed by atoms with van der Waals surface area (Å²) in [5, 5.41) is 0. The van der Waals surface area contributed by atoms with Gasteiger partial charge in [-0.2, -0.15) is 0 Å². The van der Waals surface area contributed by atoms with Gasteiger partial charge in [0, 0.05) is 19.2 Å². The summed E-state index contributed by atoms with van der Waals surface area (Å²) in [6.45, 7) is 2.13. The smallest absolute Gasteiger partial charge is 0.335 e. The van der Waals surface area contributed by atoms with Crippen molar-refractivity contribution in [3.63, 3.8) is 0 Å². The summed E-state index contributed by atoms with van der Waals surface area (Å²) in [5.41, 5.74) is 7.27. The molecule has 0 unspecified atom stereocenters. The Morgan fingerprint density at radius 2 is 2.00 bits per heavy atom. The maximum atomic E-state index is 11.5. The van der Waals surface area contributed by atoms with Crippen molar-refractivity contribution < 1.29 is 14.3 Å². The summed E-state index contributed by atoms with van der Waals surface area (Å²) in [5.74, 6) is -0.332. The predicted octanol–water partition coefficient (Wildman–Crippen LogP) is 1.39. The van der Waals surface area contributed by atoms with Gasteiger partial charge in [-0.3, -0.25) is 0 Å². The van der Waals surface area contributed by atoms with Crippen molar-refractivity contribution in [3.05, 3.63) is 29.8 Å². The van der Waals surface area contributed by atoms with Gasteiger partial charge >= 0.3 is 5.97 Å². The third-order valence-corrected chi connectivity index (χ3v) is 2.23. The number of carbonyl (C=O) groups is 1. The molecule has 4 nitrogen and oxygen atoms in total. The third-order valence-electron chi connectivity index (χ3n) is 2.23. The summed E-state index contributed by atoms with van der Waals surface area (Å²) in [6, 6.07) is 7.35. The largest absolute Gasteiger partial charge is 0.464 e. The van der Waals surface area contributed by atoms with Gasteiger partial charge < -0.3 is 15.2 Å². The lowest BCUT2D eigenvalue weighted by atomic mass is 10.1. The van der Waals surface area contributed by atoms with Crippen molar-refractivity contribution in [1.29, 1.82) is 0 Å². The molecular weight excluding hydrogens is 206 g/mol. The van der Waals surface area contributed by atoms with Crippen molar-refractivity contribution in [3.8, 4) is 0 Å². The van der Waals surface area contributed by atoms with E-state index in [2.05, 4.69) is 0 Å². The molecule has 0 saturated carbocycles. The van der Waals surface area contributed by atoms with E-state index in [0.29, 0.717) is 18.7 Å². The van der Waals surface area contributed by atoms with Crippen LogP contribution in [0, 0.1) is 0 Å². The number of carbonyl (C=O) groups excluding carboxylic acids is 1. The average Bonchev–Trinajstić information content (AvgIpc) is 2.28. The third kappa shape index (κ3) is 3.55. The van der Waals surface area contributed by atoms with Gasteiger partial charge in [0.05, 0.1) is 6.61 Å². The number of hydrogen-bond donors (Lipinski definition) is 1. The van der Waals surface area contributed by atoms with Gasteiger partial charge in [0.2, 0.25) is 0 Å². The topological polar surface area (TPSA) is 61.5 Å². The Bertz CT molecular complexity index is 335. The van der Waals surface area contributed by atoms with Gasteiger partial charge in [0.15, 0.2) is 6.10 Å². The molecule has 1 aromatic rings. The van der Waals surface area contributed by atoms with Crippen LogP contribution < -0.4 is 5.73 Å². The van der Waals surface area contributed by atoms with Gasteiger partial charge in [0.1, 0.15) is 0 Å². The standard InChI is InChI=1S/C12H17NO3/c1-3-16-12(14)11(15-2)8-9-4-6-10(13)7-5-9/h4-7,11H,3,8,13H2,1-2H3/t11-/m0/s1. The number of methoxy groups -OCH3 is 1. The maximum absolute atomic E-state index is 11.5. The highest BCUT2D eigenvalue weighted by atomic mass is 16.6. The van der Waals surface area contributed by atoms with E-state index in [1.165, 1.54) is 7.11 Å². The molecule has 0 amide bonds. The van der Waals surface area contributed by atoms with Gasteiger partial charge in [-0.25, -0.2) is 4.79 Å². The number of rotatable bonds is 5. The normalized spacial score (nSPS) is 12.1. The number of hydrogen-bond acceptors (Lipinski definition) is 4. The van der Waals surface area contributed by atoms with E-state index < -0.39 is 6.10 Å². The van der Waals surface area contributed by atoms with Crippen molar-refractivity contribution in [2.45, 2.75) is 19.4 Å². The molecule has 0 aliphatic heterocycles. The van der Waals surface area contributed by atoms with Crippen LogP contribution in [0.5, 0.6) is 0 Å². The second-order valence-electron chi connectivity index (χ2n) is 3.42. The van der Waals surface area contributed by atoms with E-state index in [-0.39, 0.29) is 5.97 Å². The number of nitrogens with two attached hydrogens (primary N) is 1. The molecule has 88 valence electrons. The zero-order chi connectivity index (χ0) is 12.0. The second kappa shape index (κ2) is 6.12. The maximum Gasteiger partial charge on any atom is 0.335 e. The summed E-state index contributed by atoms with van der Waals surface area (Å²) >= 11 is 0. The molecule has 1 rings (SSSR count). The molecule has 1 aromatic carbocycles. The number of ether oxygens (including phenoxy) is 2. The second-order valence-corrected chi connectivity index (χ2v) is 3.42. The summed E-state index contributed by atoms with van der Waals surface area (Å²) in [6.07, 6.45) is -0.0566. The van der Waals surface area contributed by atoms with Crippen molar-refractivity contribution >= 4 is 11.7 Å². The van der Waals surface area contributed by atoms with Gasteiger partial charge in [-0.1, -0.05) is 12.1 Å². The zero-order valence-corrected chi connectivity index (χ0v) is 9.60. The van der Waals surface area contributed by atoms with E-state index >= 15 is 0 Å². The molecule has 16 heavy (non-hydrogen) atoms. The molecule has 2 N–H and O–H groups in total. The predicted molar refractivity (Wildman–Crippen MR) is 62.0 cm³/mol. The fourth-order valence-electron chi connectivity index (χ4n) is 1.37. The van der Waals surface area contributed by atoms with Gasteiger partial charge in [0.25, 0.3) is 0 Å². The first-order valence-electron chi connectivity index (χ1n) is 5.21. The number of anilines is 1. The minimum absolute atomic E-state index is 0.332. The molecule has 0 aromatic heterocycles. The Morgan fingerprint density at radius 1 is 1.38 bits per heavy atom. The number of benzene rings is 1. The molecule has 0 spiro atoms. The Kier molecular flexibility index (Phi) is 4.79. The van der Waals surface area contributed by atoms with Crippen LogP contribution in [0.25, 0.3) is 0 Å². The lowest BCUT2D eigenvalue weighted by Crippen LogP contribution is -2.27. The summed E-state index contributed by atoms with van der Waals surface area (Å²) in [7, 11) is 1.50. The lowest BCUT2D eigenvalue weighted by Gasteiger charge is -2.13. The van der Waals surface area contributed by atoms with E-state index in [1.807, 2.05) is 12.1 Å². The van der Waals surface area contributed by atoms with Crippen LogP contribution in [-0.2, 0) is 20.7 Å². The van der Waals surface area contributed by atoms with Crippen molar-refractivity contribution in [1.82, 2.24) is 0 Å². The SMILES string of the molecule is CCOC(=O)[C@H](Cc1ccc(N)cc1)OC. The molecular formula is C12H17NO3. The minimum atomic E-state index is -0.552. The van der Waals surface area contributed by atoms with E-state index in [4.69, 9.17) is 15.2 Å². The molecule has 0 fully saturated rings. The van der Waals surface area contributed by atoms with E-state index in [9.17, 15) is 4.79 Å². The van der Waals surface area contributed by atoms with Crippen LogP contribution in [0.1, 0.15) is 12.5 Å². The molecule has 0 heterocycles. The first-order valence-corrected chi connectivity index (χ1v) is 5.21. The molecule has 0 radical (unpaired) electrons. The first kappa shape index (κ1) is 12.5. The molecule has 0 aliphatic carbocycles. The van der Waals surface area contributed by atoms with E-state index in [1.54, 1.807) is 19.1 Å². The Morgan fingerprint density at radius 3 is 2.50 bits per heavy atom. The van der Waals surface area contributed by atoms with E-state index in [0.717, 1.165) is 5.56 Å². The highest BCUT2D eigenvalue weighted by Gasteiger charge is 2.19. The first-order chi connectivity index (χ1) is 7.67. The Balaban J connectivity index is 2.62. The molecule has 4 heteroatoms. The number of nitrogen functional groups attached to an aromatic ring is 1. The average molecular weight is 223 g/mol. The van der Waals surface area contributed by atoms with Gasteiger partial charge in [-0.15, -0.1) is 0 Å². The quantitative estimate of drug-likeness (QED) is 0.605. The molecule has 0 aliphatic rings. The van der Waals surface area contributed by atoms with Crippen LogP contribution >= 0.6 is 0 Å².